The maximum atomic E-state index is 11.1. The van der Waals surface area contributed by atoms with Crippen molar-refractivity contribution in [1.29, 1.82) is 0 Å². The summed E-state index contributed by atoms with van der Waals surface area (Å²) < 4.78 is 1.76. The fraction of sp³-hybridized carbons (Fsp3) is 0.105. The fourth-order valence-corrected chi connectivity index (χ4v) is 3.50. The van der Waals surface area contributed by atoms with Crippen LogP contribution in [0.25, 0.3) is 11.3 Å². The lowest BCUT2D eigenvalue weighted by Crippen LogP contribution is -2.11. The van der Waals surface area contributed by atoms with Crippen molar-refractivity contribution in [1.82, 2.24) is 4.68 Å². The molecule has 138 valence electrons. The first kappa shape index (κ1) is 19.4. The molecule has 1 heterocycles. The molecule has 5 nitrogen and oxygen atoms in total. The molecule has 0 spiro atoms. The Morgan fingerprint density at radius 2 is 1.89 bits per heavy atom. The van der Waals surface area contributed by atoms with Gasteiger partial charge < -0.3 is 5.32 Å². The van der Waals surface area contributed by atoms with Crippen molar-refractivity contribution >= 4 is 52.3 Å². The second-order valence-electron chi connectivity index (χ2n) is 5.62. The van der Waals surface area contributed by atoms with Gasteiger partial charge in [-0.2, -0.15) is 5.10 Å². The molecule has 0 fully saturated rings. The second-order valence-corrected chi connectivity index (χ2v) is 7.27. The third-order valence-corrected chi connectivity index (χ3v) is 5.29. The first-order chi connectivity index (χ1) is 13.0. The molecular formula is C19H16Cl2N4OS. The third-order valence-electron chi connectivity index (χ3n) is 3.65. The van der Waals surface area contributed by atoms with E-state index in [9.17, 15) is 4.79 Å². The standard InChI is InChI=1S/C19H16Cl2N4OS/c1-12(26)24-15-6-3-13(4-7-15)10-23-25-18(11-27-19(25)22-2)14-5-8-16(20)17(21)9-14/h3-11H,1-2H3,(H,24,26). The molecule has 1 aromatic heterocycles. The zero-order chi connectivity index (χ0) is 19.4. The van der Waals surface area contributed by atoms with Crippen LogP contribution in [0, 0.1) is 0 Å². The lowest BCUT2D eigenvalue weighted by molar-refractivity contribution is -0.114. The van der Waals surface area contributed by atoms with Gasteiger partial charge in [0, 0.05) is 30.6 Å². The Hall–Kier alpha value is -2.41. The number of hydrogen-bond donors (Lipinski definition) is 1. The quantitative estimate of drug-likeness (QED) is 0.602. The molecule has 2 aromatic carbocycles. The van der Waals surface area contributed by atoms with Crippen LogP contribution in [0.3, 0.4) is 0 Å². The molecule has 3 rings (SSSR count). The molecular weight excluding hydrogens is 403 g/mol. The molecule has 0 atom stereocenters. The van der Waals surface area contributed by atoms with Crippen molar-refractivity contribution in [3.8, 4) is 11.3 Å². The Morgan fingerprint density at radius 1 is 1.15 bits per heavy atom. The number of nitrogens with one attached hydrogen (secondary N) is 1. The Balaban J connectivity index is 1.94. The Bertz CT molecular complexity index is 1070. The second kappa shape index (κ2) is 8.52. The van der Waals surface area contributed by atoms with Crippen LogP contribution in [0.15, 0.2) is 57.9 Å². The van der Waals surface area contributed by atoms with Gasteiger partial charge in [0.25, 0.3) is 0 Å². The predicted molar refractivity (Wildman–Crippen MR) is 113 cm³/mol. The smallest absolute Gasteiger partial charge is 0.221 e. The lowest BCUT2D eigenvalue weighted by atomic mass is 10.2. The highest BCUT2D eigenvalue weighted by atomic mass is 35.5. The Morgan fingerprint density at radius 3 is 2.52 bits per heavy atom. The van der Waals surface area contributed by atoms with Crippen LogP contribution < -0.4 is 10.1 Å². The van der Waals surface area contributed by atoms with Gasteiger partial charge >= 0.3 is 0 Å². The van der Waals surface area contributed by atoms with Crippen molar-refractivity contribution in [2.75, 3.05) is 12.4 Å². The van der Waals surface area contributed by atoms with Gasteiger partial charge in [0.1, 0.15) is 0 Å². The lowest BCUT2D eigenvalue weighted by Gasteiger charge is -2.05. The number of rotatable bonds is 4. The first-order valence-corrected chi connectivity index (χ1v) is 9.62. The maximum absolute atomic E-state index is 11.1. The molecule has 0 saturated heterocycles. The molecule has 0 aliphatic rings. The summed E-state index contributed by atoms with van der Waals surface area (Å²) >= 11 is 13.7. The maximum Gasteiger partial charge on any atom is 0.221 e. The van der Waals surface area contributed by atoms with E-state index in [4.69, 9.17) is 23.2 Å². The Labute approximate surface area is 170 Å². The summed E-state index contributed by atoms with van der Waals surface area (Å²) in [5, 5.41) is 10.3. The molecule has 3 aromatic rings. The molecule has 27 heavy (non-hydrogen) atoms. The van der Waals surface area contributed by atoms with E-state index in [0.717, 1.165) is 27.3 Å². The number of carbonyl (C=O) groups is 1. The number of aromatic nitrogens is 1. The van der Waals surface area contributed by atoms with E-state index in [1.165, 1.54) is 18.3 Å². The Kier molecular flexibility index (Phi) is 6.11. The number of hydrogen-bond acceptors (Lipinski definition) is 4. The number of halogens is 2. The van der Waals surface area contributed by atoms with E-state index in [0.29, 0.717) is 10.0 Å². The van der Waals surface area contributed by atoms with E-state index in [2.05, 4.69) is 15.4 Å². The highest BCUT2D eigenvalue weighted by Crippen LogP contribution is 2.28. The van der Waals surface area contributed by atoms with Crippen LogP contribution in [0.1, 0.15) is 12.5 Å². The molecule has 1 amide bonds. The van der Waals surface area contributed by atoms with Gasteiger partial charge in [-0.05, 0) is 29.8 Å². The average Bonchev–Trinajstić information content (AvgIpc) is 3.06. The number of thiazole rings is 1. The van der Waals surface area contributed by atoms with Crippen molar-refractivity contribution in [2.24, 2.45) is 10.1 Å². The number of amides is 1. The van der Waals surface area contributed by atoms with Crippen molar-refractivity contribution in [3.05, 3.63) is 68.3 Å². The summed E-state index contributed by atoms with van der Waals surface area (Å²) in [5.41, 5.74) is 3.40. The van der Waals surface area contributed by atoms with Crippen molar-refractivity contribution < 1.29 is 4.79 Å². The zero-order valence-electron chi connectivity index (χ0n) is 14.6. The summed E-state index contributed by atoms with van der Waals surface area (Å²) in [6.45, 7) is 1.48. The minimum atomic E-state index is -0.106. The number of benzene rings is 2. The number of carbonyl (C=O) groups excluding carboxylic acids is 1. The topological polar surface area (TPSA) is 58.8 Å². The molecule has 0 unspecified atom stereocenters. The summed E-state index contributed by atoms with van der Waals surface area (Å²) in [6, 6.07) is 12.9. The van der Waals surface area contributed by atoms with Gasteiger partial charge in [-0.15, -0.1) is 11.3 Å². The number of anilines is 1. The van der Waals surface area contributed by atoms with E-state index in [-0.39, 0.29) is 5.91 Å². The minimum Gasteiger partial charge on any atom is -0.326 e. The van der Waals surface area contributed by atoms with Crippen molar-refractivity contribution in [3.63, 3.8) is 0 Å². The largest absolute Gasteiger partial charge is 0.326 e. The summed E-state index contributed by atoms with van der Waals surface area (Å²) in [4.78, 5) is 16.1. The van der Waals surface area contributed by atoms with Crippen LogP contribution in [0.2, 0.25) is 10.0 Å². The fourth-order valence-electron chi connectivity index (χ4n) is 2.40. The van der Waals surface area contributed by atoms with E-state index in [1.54, 1.807) is 30.1 Å². The van der Waals surface area contributed by atoms with E-state index in [1.807, 2.05) is 35.7 Å². The highest BCUT2D eigenvalue weighted by Gasteiger charge is 2.09. The van der Waals surface area contributed by atoms with Gasteiger partial charge in [-0.25, -0.2) is 4.68 Å². The average molecular weight is 419 g/mol. The highest BCUT2D eigenvalue weighted by molar-refractivity contribution is 7.07. The predicted octanol–water partition coefficient (Wildman–Crippen LogP) is 4.89. The molecule has 0 bridgehead atoms. The molecule has 1 N–H and O–H groups in total. The van der Waals surface area contributed by atoms with E-state index < -0.39 is 0 Å². The summed E-state index contributed by atoms with van der Waals surface area (Å²) in [6.07, 6.45) is 1.74. The van der Waals surface area contributed by atoms with Crippen molar-refractivity contribution in [2.45, 2.75) is 6.92 Å². The minimum absolute atomic E-state index is 0.106. The van der Waals surface area contributed by atoms with Gasteiger partial charge in [-0.1, -0.05) is 41.4 Å². The molecule has 0 aliphatic carbocycles. The van der Waals surface area contributed by atoms with Crippen LogP contribution in [0.4, 0.5) is 5.69 Å². The molecule has 0 aliphatic heterocycles. The van der Waals surface area contributed by atoms with Crippen LogP contribution in [0.5, 0.6) is 0 Å². The van der Waals surface area contributed by atoms with Gasteiger partial charge in [-0.3, -0.25) is 9.79 Å². The SMILES string of the molecule is CN=c1scc(-c2ccc(Cl)c(Cl)c2)n1N=Cc1ccc(NC(C)=O)cc1. The number of nitrogens with zero attached hydrogens (tertiary/aromatic N) is 3. The normalized spacial score (nSPS) is 11.9. The van der Waals surface area contributed by atoms with Crippen LogP contribution in [-0.2, 0) is 4.79 Å². The van der Waals surface area contributed by atoms with Gasteiger partial charge in [0.2, 0.25) is 10.7 Å². The van der Waals surface area contributed by atoms with Crippen LogP contribution >= 0.6 is 34.5 Å². The summed E-state index contributed by atoms with van der Waals surface area (Å²) in [7, 11) is 1.72. The zero-order valence-corrected chi connectivity index (χ0v) is 16.9. The molecule has 8 heteroatoms. The van der Waals surface area contributed by atoms with Gasteiger partial charge in [0.15, 0.2) is 0 Å². The molecule has 0 radical (unpaired) electrons. The van der Waals surface area contributed by atoms with E-state index >= 15 is 0 Å². The first-order valence-electron chi connectivity index (χ1n) is 7.98. The van der Waals surface area contributed by atoms with Gasteiger partial charge in [0.05, 0.1) is 22.0 Å². The van der Waals surface area contributed by atoms with Crippen LogP contribution in [-0.4, -0.2) is 23.8 Å². The summed E-state index contributed by atoms with van der Waals surface area (Å²) in [5.74, 6) is -0.106. The monoisotopic (exact) mass is 418 g/mol. The third kappa shape index (κ3) is 4.66. The molecule has 0 saturated carbocycles.